The molecule has 0 radical (unpaired) electrons. The Balaban J connectivity index is 2.20. The normalized spacial score (nSPS) is 10.4. The number of nitrogens with one attached hydrogen (secondary N) is 1. The van der Waals surface area contributed by atoms with Crippen molar-refractivity contribution in [1.29, 1.82) is 0 Å². The van der Waals surface area contributed by atoms with E-state index in [2.05, 4.69) is 15.3 Å². The molecule has 18 heavy (non-hydrogen) atoms. The fourth-order valence-electron chi connectivity index (χ4n) is 1.56. The standard InChI is InChI=1S/C13H14FN3O/c1-9-6-10(2-3-12(9)14)11-7-16-13(17-8-11)15-4-5-18/h2-3,6-8,18H,4-5H2,1H3,(H,15,16,17). The molecule has 0 amide bonds. The predicted octanol–water partition coefficient (Wildman–Crippen LogP) is 2.00. The fourth-order valence-corrected chi connectivity index (χ4v) is 1.56. The Bertz CT molecular complexity index is 528. The summed E-state index contributed by atoms with van der Waals surface area (Å²) < 4.78 is 13.2. The molecule has 4 nitrogen and oxygen atoms in total. The van der Waals surface area contributed by atoms with Gasteiger partial charge in [0, 0.05) is 24.5 Å². The van der Waals surface area contributed by atoms with Gasteiger partial charge < -0.3 is 10.4 Å². The van der Waals surface area contributed by atoms with Crippen LogP contribution in [0.3, 0.4) is 0 Å². The minimum Gasteiger partial charge on any atom is -0.395 e. The van der Waals surface area contributed by atoms with Crippen molar-refractivity contribution in [2.45, 2.75) is 6.92 Å². The Labute approximate surface area is 105 Å². The van der Waals surface area contributed by atoms with Crippen LogP contribution < -0.4 is 5.32 Å². The summed E-state index contributed by atoms with van der Waals surface area (Å²) >= 11 is 0. The number of halogens is 1. The average molecular weight is 247 g/mol. The SMILES string of the molecule is Cc1cc(-c2cnc(NCCO)nc2)ccc1F. The number of rotatable bonds is 4. The zero-order valence-corrected chi connectivity index (χ0v) is 10.0. The third-order valence-electron chi connectivity index (χ3n) is 2.54. The van der Waals surface area contributed by atoms with E-state index < -0.39 is 0 Å². The summed E-state index contributed by atoms with van der Waals surface area (Å²) in [5.41, 5.74) is 2.30. The lowest BCUT2D eigenvalue weighted by atomic mass is 10.1. The summed E-state index contributed by atoms with van der Waals surface area (Å²) in [5.74, 6) is 0.243. The molecule has 1 heterocycles. The van der Waals surface area contributed by atoms with Crippen LogP contribution >= 0.6 is 0 Å². The van der Waals surface area contributed by atoms with Crippen LogP contribution in [-0.4, -0.2) is 28.2 Å². The Morgan fingerprint density at radius 3 is 2.56 bits per heavy atom. The molecule has 1 aromatic heterocycles. The van der Waals surface area contributed by atoms with Crippen molar-refractivity contribution in [1.82, 2.24) is 9.97 Å². The minimum atomic E-state index is -0.221. The van der Waals surface area contributed by atoms with E-state index in [1.807, 2.05) is 0 Å². The molecule has 2 aromatic rings. The van der Waals surface area contributed by atoms with Crippen molar-refractivity contribution in [3.8, 4) is 11.1 Å². The molecule has 2 N–H and O–H groups in total. The highest BCUT2D eigenvalue weighted by atomic mass is 19.1. The van der Waals surface area contributed by atoms with Gasteiger partial charge in [-0.15, -0.1) is 0 Å². The fraction of sp³-hybridized carbons (Fsp3) is 0.231. The minimum absolute atomic E-state index is 0.0300. The van der Waals surface area contributed by atoms with Crippen LogP contribution in [0.25, 0.3) is 11.1 Å². The van der Waals surface area contributed by atoms with E-state index in [0.29, 0.717) is 18.1 Å². The molecule has 1 aromatic carbocycles. The highest BCUT2D eigenvalue weighted by molar-refractivity contribution is 5.62. The van der Waals surface area contributed by atoms with Gasteiger partial charge in [-0.3, -0.25) is 0 Å². The van der Waals surface area contributed by atoms with Gasteiger partial charge in [0.05, 0.1) is 6.61 Å². The lowest BCUT2D eigenvalue weighted by Gasteiger charge is -2.05. The van der Waals surface area contributed by atoms with Gasteiger partial charge in [-0.1, -0.05) is 6.07 Å². The molecular weight excluding hydrogens is 233 g/mol. The maximum absolute atomic E-state index is 13.2. The summed E-state index contributed by atoms with van der Waals surface area (Å²) in [6, 6.07) is 4.89. The number of aromatic nitrogens is 2. The van der Waals surface area contributed by atoms with E-state index in [0.717, 1.165) is 11.1 Å². The number of anilines is 1. The van der Waals surface area contributed by atoms with E-state index >= 15 is 0 Å². The molecule has 0 aliphatic heterocycles. The van der Waals surface area contributed by atoms with Crippen LogP contribution in [0.1, 0.15) is 5.56 Å². The first-order valence-electron chi connectivity index (χ1n) is 5.64. The zero-order chi connectivity index (χ0) is 13.0. The molecule has 0 spiro atoms. The smallest absolute Gasteiger partial charge is 0.222 e. The molecule has 0 bridgehead atoms. The van der Waals surface area contributed by atoms with Gasteiger partial charge >= 0.3 is 0 Å². The molecule has 0 saturated carbocycles. The average Bonchev–Trinajstić information content (AvgIpc) is 2.40. The second-order valence-corrected chi connectivity index (χ2v) is 3.91. The number of nitrogens with zero attached hydrogens (tertiary/aromatic N) is 2. The first-order valence-corrected chi connectivity index (χ1v) is 5.64. The van der Waals surface area contributed by atoms with Gasteiger partial charge in [0.2, 0.25) is 5.95 Å². The van der Waals surface area contributed by atoms with Crippen molar-refractivity contribution in [2.24, 2.45) is 0 Å². The number of aliphatic hydroxyl groups is 1. The van der Waals surface area contributed by atoms with Crippen molar-refractivity contribution in [2.75, 3.05) is 18.5 Å². The first-order chi connectivity index (χ1) is 8.70. The zero-order valence-electron chi connectivity index (χ0n) is 10.0. The first kappa shape index (κ1) is 12.4. The molecule has 0 atom stereocenters. The topological polar surface area (TPSA) is 58.0 Å². The third kappa shape index (κ3) is 2.81. The van der Waals surface area contributed by atoms with E-state index in [4.69, 9.17) is 5.11 Å². The monoisotopic (exact) mass is 247 g/mol. The van der Waals surface area contributed by atoms with Crippen LogP contribution in [0.4, 0.5) is 10.3 Å². The van der Waals surface area contributed by atoms with Crippen molar-refractivity contribution in [3.05, 3.63) is 42.0 Å². The van der Waals surface area contributed by atoms with Gasteiger partial charge in [-0.25, -0.2) is 14.4 Å². The maximum atomic E-state index is 13.2. The Morgan fingerprint density at radius 1 is 1.22 bits per heavy atom. The van der Waals surface area contributed by atoms with Crippen LogP contribution in [-0.2, 0) is 0 Å². The van der Waals surface area contributed by atoms with Crippen LogP contribution in [0.5, 0.6) is 0 Å². The Hall–Kier alpha value is -2.01. The van der Waals surface area contributed by atoms with Gasteiger partial charge in [0.25, 0.3) is 0 Å². The number of hydrogen-bond donors (Lipinski definition) is 2. The Kier molecular flexibility index (Phi) is 3.84. The van der Waals surface area contributed by atoms with E-state index in [-0.39, 0.29) is 12.4 Å². The molecule has 0 aliphatic carbocycles. The van der Waals surface area contributed by atoms with Gasteiger partial charge in [-0.05, 0) is 30.2 Å². The second-order valence-electron chi connectivity index (χ2n) is 3.91. The van der Waals surface area contributed by atoms with E-state index in [1.165, 1.54) is 6.07 Å². The molecule has 0 aliphatic rings. The number of hydrogen-bond acceptors (Lipinski definition) is 4. The van der Waals surface area contributed by atoms with Crippen LogP contribution in [0, 0.1) is 12.7 Å². The van der Waals surface area contributed by atoms with Crippen LogP contribution in [0.15, 0.2) is 30.6 Å². The largest absolute Gasteiger partial charge is 0.395 e. The Morgan fingerprint density at radius 2 is 1.94 bits per heavy atom. The van der Waals surface area contributed by atoms with E-state index in [9.17, 15) is 4.39 Å². The highest BCUT2D eigenvalue weighted by Gasteiger charge is 2.03. The van der Waals surface area contributed by atoms with Crippen LogP contribution in [0.2, 0.25) is 0 Å². The van der Waals surface area contributed by atoms with Gasteiger partial charge in [-0.2, -0.15) is 0 Å². The summed E-state index contributed by atoms with van der Waals surface area (Å²) in [4.78, 5) is 8.24. The molecule has 0 fully saturated rings. The number of aliphatic hydroxyl groups excluding tert-OH is 1. The molecular formula is C13H14FN3O. The summed E-state index contributed by atoms with van der Waals surface area (Å²) in [7, 11) is 0. The van der Waals surface area contributed by atoms with E-state index in [1.54, 1.807) is 31.5 Å². The number of benzene rings is 1. The highest BCUT2D eigenvalue weighted by Crippen LogP contribution is 2.20. The summed E-state index contributed by atoms with van der Waals surface area (Å²) in [6.45, 7) is 2.16. The quantitative estimate of drug-likeness (QED) is 0.867. The number of aryl methyl sites for hydroxylation is 1. The summed E-state index contributed by atoms with van der Waals surface area (Å²) in [6.07, 6.45) is 3.33. The van der Waals surface area contributed by atoms with Crippen molar-refractivity contribution in [3.63, 3.8) is 0 Å². The molecule has 2 rings (SSSR count). The maximum Gasteiger partial charge on any atom is 0.222 e. The van der Waals surface area contributed by atoms with Crippen molar-refractivity contribution >= 4 is 5.95 Å². The second kappa shape index (κ2) is 5.55. The van der Waals surface area contributed by atoms with Gasteiger partial charge in [0.15, 0.2) is 0 Å². The van der Waals surface area contributed by atoms with Crippen molar-refractivity contribution < 1.29 is 9.50 Å². The summed E-state index contributed by atoms with van der Waals surface area (Å²) in [5, 5.41) is 11.5. The van der Waals surface area contributed by atoms with Gasteiger partial charge in [0.1, 0.15) is 5.82 Å². The molecule has 5 heteroatoms. The lowest BCUT2D eigenvalue weighted by molar-refractivity contribution is 0.311. The molecule has 0 unspecified atom stereocenters. The lowest BCUT2D eigenvalue weighted by Crippen LogP contribution is -2.08. The molecule has 0 saturated heterocycles. The third-order valence-corrected chi connectivity index (χ3v) is 2.54. The molecule has 94 valence electrons. The predicted molar refractivity (Wildman–Crippen MR) is 67.7 cm³/mol.